The molecule has 1 saturated heterocycles. The fourth-order valence-electron chi connectivity index (χ4n) is 5.07. The zero-order valence-electron chi connectivity index (χ0n) is 25.0. The average molecular weight is 653 g/mol. The number of benzene rings is 3. The second-order valence-electron chi connectivity index (χ2n) is 10.6. The molecule has 1 aliphatic rings. The highest BCUT2D eigenvalue weighted by molar-refractivity contribution is 5.96. The molecule has 2 atom stereocenters. The number of likely N-dealkylation sites (tertiary alicyclic amines) is 1. The topological polar surface area (TPSA) is 158 Å². The Kier molecular flexibility index (Phi) is 11.1. The molecular formula is C33H31F3N4O7. The summed E-state index contributed by atoms with van der Waals surface area (Å²) >= 11 is 0. The van der Waals surface area contributed by atoms with Crippen molar-refractivity contribution in [3.63, 3.8) is 0 Å². The number of hydrogen-bond acceptors (Lipinski definition) is 7. The third kappa shape index (κ3) is 9.04. The Morgan fingerprint density at radius 2 is 1.60 bits per heavy atom. The number of carboxylic acids is 1. The molecule has 47 heavy (non-hydrogen) atoms. The minimum absolute atomic E-state index is 0.137. The Balaban J connectivity index is 0.000000644. The summed E-state index contributed by atoms with van der Waals surface area (Å²) < 4.78 is 37.7. The van der Waals surface area contributed by atoms with Crippen LogP contribution in [0.15, 0.2) is 84.9 Å². The minimum Gasteiger partial charge on any atom is -0.489 e. The van der Waals surface area contributed by atoms with Crippen LogP contribution in [0.25, 0.3) is 10.9 Å². The molecule has 2 heterocycles. The predicted octanol–water partition coefficient (Wildman–Crippen LogP) is 4.52. The molecule has 3 amide bonds. The monoisotopic (exact) mass is 652 g/mol. The zero-order chi connectivity index (χ0) is 34.1. The molecule has 0 radical (unpaired) electrons. The summed E-state index contributed by atoms with van der Waals surface area (Å²) in [6.07, 6.45) is -4.79. The van der Waals surface area contributed by atoms with Crippen LogP contribution in [0, 0.1) is 12.8 Å². The van der Waals surface area contributed by atoms with Crippen molar-refractivity contribution < 1.29 is 47.4 Å². The first-order valence-electron chi connectivity index (χ1n) is 14.3. The van der Waals surface area contributed by atoms with Gasteiger partial charge in [-0.1, -0.05) is 36.4 Å². The number of halogens is 3. The Morgan fingerprint density at radius 1 is 0.957 bits per heavy atom. The number of rotatable bonds is 7. The first-order chi connectivity index (χ1) is 22.4. The number of hydrogen-bond donors (Lipinski definition) is 4. The minimum atomic E-state index is -5.08. The lowest BCUT2D eigenvalue weighted by Crippen LogP contribution is -2.57. The fraction of sp³-hybridized carbons (Fsp3) is 0.242. The molecule has 14 heteroatoms. The van der Waals surface area contributed by atoms with E-state index in [1.807, 2.05) is 43.3 Å². The summed E-state index contributed by atoms with van der Waals surface area (Å²) in [5, 5.41) is 20.3. The van der Waals surface area contributed by atoms with Crippen molar-refractivity contribution >= 4 is 34.6 Å². The van der Waals surface area contributed by atoms with E-state index in [1.54, 1.807) is 58.9 Å². The largest absolute Gasteiger partial charge is 0.490 e. The molecule has 4 N–H and O–H groups in total. The maximum atomic E-state index is 13.1. The van der Waals surface area contributed by atoms with Crippen LogP contribution in [0.4, 0.5) is 13.2 Å². The molecule has 0 aliphatic carbocycles. The maximum Gasteiger partial charge on any atom is 0.490 e. The second kappa shape index (κ2) is 15.2. The van der Waals surface area contributed by atoms with Gasteiger partial charge in [-0.3, -0.25) is 24.6 Å². The SMILES string of the molecule is Cc1cc(COc2ccc(C(=O)N[C@@H]3CN(C(=O)c4ccccc4)CC[C@@H]3C(=O)NO)cc2)c2ccccc2n1.O=C(O)C(F)(F)F. The third-order valence-corrected chi connectivity index (χ3v) is 7.37. The van der Waals surface area contributed by atoms with Gasteiger partial charge in [-0.05, 0) is 61.9 Å². The molecule has 0 spiro atoms. The Morgan fingerprint density at radius 3 is 2.23 bits per heavy atom. The Bertz CT molecular complexity index is 1730. The summed E-state index contributed by atoms with van der Waals surface area (Å²) in [5.41, 5.74) is 5.44. The molecule has 0 bridgehead atoms. The number of carboxylic acid groups (broad SMARTS) is 1. The second-order valence-corrected chi connectivity index (χ2v) is 10.6. The maximum absolute atomic E-state index is 13.1. The number of piperidine rings is 1. The Hall–Kier alpha value is -5.50. The van der Waals surface area contributed by atoms with E-state index in [0.717, 1.165) is 22.2 Å². The van der Waals surface area contributed by atoms with Crippen LogP contribution in [0.2, 0.25) is 0 Å². The highest BCUT2D eigenvalue weighted by Gasteiger charge is 2.38. The van der Waals surface area contributed by atoms with Crippen molar-refractivity contribution in [2.24, 2.45) is 5.92 Å². The molecule has 0 unspecified atom stereocenters. The first kappa shape index (κ1) is 34.4. The summed E-state index contributed by atoms with van der Waals surface area (Å²) in [6, 6.07) is 24.8. The number of carbonyl (C=O) groups is 4. The van der Waals surface area contributed by atoms with Crippen LogP contribution in [0.5, 0.6) is 5.75 Å². The van der Waals surface area contributed by atoms with Gasteiger partial charge in [0.25, 0.3) is 11.8 Å². The van der Waals surface area contributed by atoms with E-state index in [9.17, 15) is 32.8 Å². The quantitative estimate of drug-likeness (QED) is 0.168. The van der Waals surface area contributed by atoms with Gasteiger partial charge in [0.2, 0.25) is 5.91 Å². The van der Waals surface area contributed by atoms with Gasteiger partial charge in [-0.2, -0.15) is 13.2 Å². The smallest absolute Gasteiger partial charge is 0.489 e. The summed E-state index contributed by atoms with van der Waals surface area (Å²) in [4.78, 5) is 53.5. The van der Waals surface area contributed by atoms with Gasteiger partial charge >= 0.3 is 12.1 Å². The number of nitrogens with one attached hydrogen (secondary N) is 2. The van der Waals surface area contributed by atoms with E-state index >= 15 is 0 Å². The van der Waals surface area contributed by atoms with Gasteiger partial charge in [0.15, 0.2) is 0 Å². The van der Waals surface area contributed by atoms with E-state index in [0.29, 0.717) is 36.4 Å². The number of para-hydroxylation sites is 1. The lowest BCUT2D eigenvalue weighted by Gasteiger charge is -2.37. The molecule has 4 aromatic rings. The van der Waals surface area contributed by atoms with Gasteiger partial charge in [0.05, 0.1) is 17.5 Å². The van der Waals surface area contributed by atoms with Crippen molar-refractivity contribution in [2.75, 3.05) is 13.1 Å². The van der Waals surface area contributed by atoms with Crippen molar-refractivity contribution in [3.8, 4) is 5.75 Å². The molecule has 3 aromatic carbocycles. The van der Waals surface area contributed by atoms with E-state index in [1.165, 1.54) is 0 Å². The van der Waals surface area contributed by atoms with Crippen molar-refractivity contribution in [1.82, 2.24) is 20.7 Å². The van der Waals surface area contributed by atoms with Crippen LogP contribution >= 0.6 is 0 Å². The van der Waals surface area contributed by atoms with Gasteiger partial charge in [0.1, 0.15) is 12.4 Å². The van der Waals surface area contributed by atoms with Gasteiger partial charge in [0, 0.05) is 40.9 Å². The van der Waals surface area contributed by atoms with Crippen LogP contribution < -0.4 is 15.5 Å². The highest BCUT2D eigenvalue weighted by atomic mass is 19.4. The number of ether oxygens (including phenoxy) is 1. The van der Waals surface area contributed by atoms with Crippen molar-refractivity contribution in [2.45, 2.75) is 32.2 Å². The number of hydroxylamine groups is 1. The summed E-state index contributed by atoms with van der Waals surface area (Å²) in [6.45, 7) is 2.76. The van der Waals surface area contributed by atoms with E-state index < -0.39 is 35.9 Å². The first-order valence-corrected chi connectivity index (χ1v) is 14.3. The zero-order valence-corrected chi connectivity index (χ0v) is 25.0. The van der Waals surface area contributed by atoms with Gasteiger partial charge in [-0.15, -0.1) is 0 Å². The average Bonchev–Trinajstić information content (AvgIpc) is 3.06. The molecule has 1 aromatic heterocycles. The number of nitrogens with zero attached hydrogens (tertiary/aromatic N) is 2. The normalized spacial score (nSPS) is 16.0. The standard InChI is InChI=1S/C31H30N4O5.C2HF3O2/c1-20-17-23(25-9-5-6-10-27(25)32-20)19-40-24-13-11-21(12-14-24)29(36)33-28-18-35(16-15-26(28)30(37)34-39)31(38)22-7-3-2-4-8-22;3-2(4,5)1(6)7/h2-14,17,26,28,39H,15-16,18-19H2,1H3,(H,33,36)(H,34,37);(H,6,7)/t26-,28+;/m0./s1. The number of alkyl halides is 3. The number of aliphatic carboxylic acids is 1. The summed E-state index contributed by atoms with van der Waals surface area (Å²) in [5.74, 6) is -4.01. The highest BCUT2D eigenvalue weighted by Crippen LogP contribution is 2.23. The molecule has 246 valence electrons. The van der Waals surface area contributed by atoms with Crippen LogP contribution in [-0.4, -0.2) is 69.2 Å². The molecule has 5 rings (SSSR count). The van der Waals surface area contributed by atoms with Crippen molar-refractivity contribution in [3.05, 3.63) is 107 Å². The Labute approximate surface area is 266 Å². The van der Waals surface area contributed by atoms with Crippen molar-refractivity contribution in [1.29, 1.82) is 0 Å². The fourth-order valence-corrected chi connectivity index (χ4v) is 5.07. The third-order valence-electron chi connectivity index (χ3n) is 7.37. The number of pyridine rings is 1. The summed E-state index contributed by atoms with van der Waals surface area (Å²) in [7, 11) is 0. The molecule has 11 nitrogen and oxygen atoms in total. The van der Waals surface area contributed by atoms with E-state index in [2.05, 4.69) is 10.3 Å². The van der Waals surface area contributed by atoms with E-state index in [-0.39, 0.29) is 12.5 Å². The number of aryl methyl sites for hydroxylation is 1. The molecule has 0 saturated carbocycles. The van der Waals surface area contributed by atoms with Crippen LogP contribution in [-0.2, 0) is 16.2 Å². The van der Waals surface area contributed by atoms with Crippen LogP contribution in [0.3, 0.4) is 0 Å². The number of fused-ring (bicyclic) bond motifs is 1. The van der Waals surface area contributed by atoms with Crippen LogP contribution in [0.1, 0.15) is 38.4 Å². The lowest BCUT2D eigenvalue weighted by molar-refractivity contribution is -0.192. The molecule has 1 fully saturated rings. The van der Waals surface area contributed by atoms with Gasteiger partial charge < -0.3 is 20.1 Å². The van der Waals surface area contributed by atoms with Gasteiger partial charge in [-0.25, -0.2) is 10.3 Å². The molecule has 1 aliphatic heterocycles. The number of carbonyl (C=O) groups excluding carboxylic acids is 3. The predicted molar refractivity (Wildman–Crippen MR) is 163 cm³/mol. The van der Waals surface area contributed by atoms with E-state index in [4.69, 9.17) is 14.6 Å². The molecular weight excluding hydrogens is 621 g/mol. The number of amides is 3. The number of aromatic nitrogens is 1. The lowest BCUT2D eigenvalue weighted by atomic mass is 9.90.